The van der Waals surface area contributed by atoms with Gasteiger partial charge in [0, 0.05) is 12.0 Å². The second-order valence-corrected chi connectivity index (χ2v) is 8.75. The lowest BCUT2D eigenvalue weighted by Crippen LogP contribution is -2.49. The summed E-state index contributed by atoms with van der Waals surface area (Å²) in [7, 11) is 0. The standard InChI is InChI=1S/C22H28O7/c1-6-7-11-8-12(23)28-18-13(11)20-15(17(25)21(26)22(4,5)29-20)19-14(18)16(24)9(2)10(3)27-19/h8-10,16-17,21,24-26H,6-7H2,1-5H3/t9-,10-,16+,17?,21?/m1/s1. The van der Waals surface area contributed by atoms with Crippen molar-refractivity contribution in [1.29, 1.82) is 0 Å². The Bertz CT molecular complexity index is 1020. The molecule has 0 saturated heterocycles. The van der Waals surface area contributed by atoms with Crippen LogP contribution in [0.25, 0.3) is 11.0 Å². The van der Waals surface area contributed by atoms with Gasteiger partial charge in [0.25, 0.3) is 0 Å². The molecule has 2 aliphatic heterocycles. The van der Waals surface area contributed by atoms with Crippen LogP contribution in [0.1, 0.15) is 69.9 Å². The van der Waals surface area contributed by atoms with E-state index < -0.39 is 29.5 Å². The van der Waals surface area contributed by atoms with Crippen LogP contribution < -0.4 is 15.1 Å². The van der Waals surface area contributed by atoms with Gasteiger partial charge in [-0.25, -0.2) is 4.79 Å². The Labute approximate surface area is 168 Å². The first-order valence-corrected chi connectivity index (χ1v) is 10.1. The number of aliphatic hydroxyl groups excluding tert-OH is 3. The van der Waals surface area contributed by atoms with Crippen molar-refractivity contribution < 1.29 is 29.2 Å². The van der Waals surface area contributed by atoms with Gasteiger partial charge in [0.15, 0.2) is 5.58 Å². The van der Waals surface area contributed by atoms with E-state index in [1.165, 1.54) is 6.07 Å². The highest BCUT2D eigenvalue weighted by molar-refractivity contribution is 5.94. The molecule has 0 aliphatic carbocycles. The van der Waals surface area contributed by atoms with Gasteiger partial charge in [0.05, 0.1) is 22.6 Å². The van der Waals surface area contributed by atoms with Crippen molar-refractivity contribution in [1.82, 2.24) is 0 Å². The van der Waals surface area contributed by atoms with Gasteiger partial charge in [-0.3, -0.25) is 0 Å². The Hall–Kier alpha value is -2.09. The van der Waals surface area contributed by atoms with Crippen LogP contribution in [0, 0.1) is 5.92 Å². The summed E-state index contributed by atoms with van der Waals surface area (Å²) in [6.07, 6.45) is -2.40. The molecule has 0 saturated carbocycles. The molecule has 1 aromatic heterocycles. The first-order valence-electron chi connectivity index (χ1n) is 10.1. The minimum absolute atomic E-state index is 0.223. The zero-order chi connectivity index (χ0) is 21.2. The van der Waals surface area contributed by atoms with Crippen LogP contribution in [-0.2, 0) is 6.42 Å². The van der Waals surface area contributed by atoms with Gasteiger partial charge >= 0.3 is 5.63 Å². The molecular weight excluding hydrogens is 376 g/mol. The van der Waals surface area contributed by atoms with Gasteiger partial charge in [-0.1, -0.05) is 20.3 Å². The van der Waals surface area contributed by atoms with Crippen LogP contribution in [0.5, 0.6) is 11.5 Å². The minimum Gasteiger partial charge on any atom is -0.489 e. The van der Waals surface area contributed by atoms with Gasteiger partial charge in [-0.2, -0.15) is 0 Å². The fraction of sp³-hybridized carbons (Fsp3) is 0.591. The predicted molar refractivity (Wildman–Crippen MR) is 106 cm³/mol. The molecule has 2 unspecified atom stereocenters. The molecule has 0 spiro atoms. The van der Waals surface area contributed by atoms with Gasteiger partial charge in [0.1, 0.15) is 35.4 Å². The summed E-state index contributed by atoms with van der Waals surface area (Å²) < 4.78 is 17.8. The summed E-state index contributed by atoms with van der Waals surface area (Å²) in [6.45, 7) is 9.05. The van der Waals surface area contributed by atoms with E-state index in [1.807, 2.05) is 20.8 Å². The zero-order valence-corrected chi connectivity index (χ0v) is 17.4. The number of fused-ring (bicyclic) bond motifs is 6. The van der Waals surface area contributed by atoms with Crippen LogP contribution in [0.3, 0.4) is 0 Å². The molecule has 1 aromatic carbocycles. The molecule has 5 atom stereocenters. The topological polar surface area (TPSA) is 109 Å². The summed E-state index contributed by atoms with van der Waals surface area (Å²) in [5.41, 5.74) is -0.0233. The number of hydrogen-bond acceptors (Lipinski definition) is 7. The number of ether oxygens (including phenoxy) is 2. The Kier molecular flexibility index (Phi) is 4.68. The first kappa shape index (κ1) is 20.2. The molecule has 2 aliphatic rings. The molecule has 158 valence electrons. The highest BCUT2D eigenvalue weighted by atomic mass is 16.5. The third-order valence-electron chi connectivity index (χ3n) is 6.28. The molecule has 4 rings (SSSR count). The Morgan fingerprint density at radius 3 is 2.41 bits per heavy atom. The lowest BCUT2D eigenvalue weighted by molar-refractivity contribution is -0.113. The van der Waals surface area contributed by atoms with E-state index in [-0.39, 0.29) is 23.4 Å². The monoisotopic (exact) mass is 404 g/mol. The fourth-order valence-electron chi connectivity index (χ4n) is 4.38. The van der Waals surface area contributed by atoms with E-state index in [9.17, 15) is 20.1 Å². The van der Waals surface area contributed by atoms with E-state index in [4.69, 9.17) is 13.9 Å². The number of aryl methyl sites for hydroxylation is 1. The normalized spacial score (nSPS) is 30.3. The van der Waals surface area contributed by atoms with Gasteiger partial charge in [0.2, 0.25) is 0 Å². The van der Waals surface area contributed by atoms with Crippen LogP contribution in [0.2, 0.25) is 0 Å². The number of hydrogen-bond donors (Lipinski definition) is 3. The molecule has 0 fully saturated rings. The van der Waals surface area contributed by atoms with Crippen molar-refractivity contribution in [2.45, 2.75) is 77.5 Å². The number of benzene rings is 1. The van der Waals surface area contributed by atoms with Gasteiger partial charge in [-0.05, 0) is 32.8 Å². The van der Waals surface area contributed by atoms with Crippen molar-refractivity contribution in [2.75, 3.05) is 0 Å². The molecule has 0 amide bonds. The van der Waals surface area contributed by atoms with Crippen molar-refractivity contribution in [2.24, 2.45) is 5.92 Å². The van der Waals surface area contributed by atoms with Crippen LogP contribution in [0.4, 0.5) is 0 Å². The molecular formula is C22H28O7. The summed E-state index contributed by atoms with van der Waals surface area (Å²) in [5.74, 6) is 0.305. The van der Waals surface area contributed by atoms with Crippen LogP contribution in [0.15, 0.2) is 15.3 Å². The Balaban J connectivity index is 2.19. The molecule has 2 aromatic rings. The summed E-state index contributed by atoms with van der Waals surface area (Å²) >= 11 is 0. The van der Waals surface area contributed by atoms with E-state index in [0.29, 0.717) is 28.7 Å². The van der Waals surface area contributed by atoms with Crippen LogP contribution >= 0.6 is 0 Å². The largest absolute Gasteiger partial charge is 0.489 e. The summed E-state index contributed by atoms with van der Waals surface area (Å²) in [6, 6.07) is 1.42. The van der Waals surface area contributed by atoms with Crippen molar-refractivity contribution >= 4 is 11.0 Å². The summed E-state index contributed by atoms with van der Waals surface area (Å²) in [5, 5.41) is 33.3. The van der Waals surface area contributed by atoms with E-state index in [2.05, 4.69) is 0 Å². The predicted octanol–water partition coefficient (Wildman–Crippen LogP) is 2.76. The fourth-order valence-corrected chi connectivity index (χ4v) is 4.38. The molecule has 0 bridgehead atoms. The van der Waals surface area contributed by atoms with Crippen molar-refractivity contribution in [3.63, 3.8) is 0 Å². The lowest BCUT2D eigenvalue weighted by atomic mass is 9.81. The molecule has 7 heteroatoms. The van der Waals surface area contributed by atoms with Gasteiger partial charge < -0.3 is 29.2 Å². The minimum atomic E-state index is -1.28. The van der Waals surface area contributed by atoms with E-state index in [1.54, 1.807) is 13.8 Å². The third kappa shape index (κ3) is 2.86. The maximum Gasteiger partial charge on any atom is 0.336 e. The first-order chi connectivity index (χ1) is 13.6. The Morgan fingerprint density at radius 2 is 1.76 bits per heavy atom. The van der Waals surface area contributed by atoms with Crippen molar-refractivity contribution in [3.05, 3.63) is 33.2 Å². The van der Waals surface area contributed by atoms with E-state index >= 15 is 0 Å². The second kappa shape index (κ2) is 6.72. The number of aliphatic hydroxyl groups is 3. The molecule has 3 heterocycles. The zero-order valence-electron chi connectivity index (χ0n) is 17.4. The lowest BCUT2D eigenvalue weighted by Gasteiger charge is -2.43. The maximum atomic E-state index is 12.3. The summed E-state index contributed by atoms with van der Waals surface area (Å²) in [4.78, 5) is 12.3. The molecule has 7 nitrogen and oxygen atoms in total. The SMILES string of the molecule is CCCc1cc(=O)oc2c3c(c4c(c12)OC(C)(C)C(O)C4O)O[C@H](C)[C@@H](C)[C@@H]3O. The smallest absolute Gasteiger partial charge is 0.336 e. The quantitative estimate of drug-likeness (QED) is 0.660. The van der Waals surface area contributed by atoms with Crippen LogP contribution in [-0.4, -0.2) is 33.1 Å². The van der Waals surface area contributed by atoms with Gasteiger partial charge in [-0.15, -0.1) is 0 Å². The molecule has 29 heavy (non-hydrogen) atoms. The third-order valence-corrected chi connectivity index (χ3v) is 6.28. The molecule has 0 radical (unpaired) electrons. The highest BCUT2D eigenvalue weighted by Crippen LogP contribution is 2.55. The average Bonchev–Trinajstić information content (AvgIpc) is 2.63. The van der Waals surface area contributed by atoms with E-state index in [0.717, 1.165) is 12.0 Å². The average molecular weight is 404 g/mol. The second-order valence-electron chi connectivity index (χ2n) is 8.75. The van der Waals surface area contributed by atoms with Crippen molar-refractivity contribution in [3.8, 4) is 11.5 Å². The molecule has 3 N–H and O–H groups in total. The number of rotatable bonds is 2. The highest BCUT2D eigenvalue weighted by Gasteiger charge is 2.48. The maximum absolute atomic E-state index is 12.3. The Morgan fingerprint density at radius 1 is 1.07 bits per heavy atom.